The Labute approximate surface area is 158 Å². The van der Waals surface area contributed by atoms with Crippen molar-refractivity contribution < 1.29 is 4.79 Å². The van der Waals surface area contributed by atoms with Gasteiger partial charge in [-0.3, -0.25) is 9.78 Å². The fourth-order valence-electron chi connectivity index (χ4n) is 2.65. The van der Waals surface area contributed by atoms with E-state index in [0.717, 1.165) is 12.8 Å². The number of aryl methyl sites for hydroxylation is 2. The molecule has 3 aromatic rings. The highest BCUT2D eigenvalue weighted by Gasteiger charge is 2.12. The topological polar surface area (TPSA) is 63.9 Å². The average molecular weight is 359 g/mol. The molecule has 1 amide bonds. The zero-order valence-corrected chi connectivity index (χ0v) is 15.5. The number of carbonyl (C=O) groups excluding carboxylic acids is 1. The maximum atomic E-state index is 12.6. The highest BCUT2D eigenvalue weighted by Crippen LogP contribution is 2.08. The predicted molar refractivity (Wildman–Crippen MR) is 103 cm³/mol. The van der Waals surface area contributed by atoms with Crippen LogP contribution in [0.1, 0.15) is 33.6 Å². The Balaban J connectivity index is 1.60. The van der Waals surface area contributed by atoms with Crippen molar-refractivity contribution in [3.05, 3.63) is 77.4 Å². The number of carbonyl (C=O) groups is 1. The van der Waals surface area contributed by atoms with E-state index in [4.69, 9.17) is 0 Å². The lowest BCUT2D eigenvalue weighted by Gasteiger charge is -2.17. The van der Waals surface area contributed by atoms with Gasteiger partial charge in [-0.15, -0.1) is 5.10 Å². The Morgan fingerprint density at radius 3 is 2.70 bits per heavy atom. The summed E-state index contributed by atoms with van der Waals surface area (Å²) in [4.78, 5) is 19.9. The molecule has 0 bridgehead atoms. The molecule has 136 valence electrons. The number of benzene rings is 1. The third-order valence-corrected chi connectivity index (χ3v) is 4.07. The molecule has 3 rings (SSSR count). The van der Waals surface area contributed by atoms with Crippen LogP contribution in [0.4, 0.5) is 0 Å². The van der Waals surface area contributed by atoms with E-state index in [1.807, 2.05) is 25.2 Å². The van der Waals surface area contributed by atoms with Gasteiger partial charge in [0.2, 0.25) is 0 Å². The molecule has 2 heterocycles. The van der Waals surface area contributed by atoms with E-state index >= 15 is 0 Å². The van der Waals surface area contributed by atoms with E-state index in [1.165, 1.54) is 10.4 Å². The summed E-state index contributed by atoms with van der Waals surface area (Å²) in [6, 6.07) is 12.0. The summed E-state index contributed by atoms with van der Waals surface area (Å²) in [6.45, 7) is 0.684. The van der Waals surface area contributed by atoms with Gasteiger partial charge in [-0.05, 0) is 30.4 Å². The maximum Gasteiger partial charge on any atom is 0.255 e. The van der Waals surface area contributed by atoms with Crippen LogP contribution in [0.3, 0.4) is 0 Å². The molecule has 0 aliphatic carbocycles. The Kier molecular flexibility index (Phi) is 5.95. The number of rotatable bonds is 5. The standard InChI is InChI=1S/C21H21N5O/c1-25(12-6-9-17-7-4-3-5-8-17)21(27)19-13-18(14-22-15-19)10-11-20-16-23-26(2)24-20/h3-5,7-8,13-16H,6,9,12H2,1-2H3. The molecule has 0 unspecified atom stereocenters. The average Bonchev–Trinajstić information content (AvgIpc) is 3.12. The number of hydrogen-bond acceptors (Lipinski definition) is 4. The monoisotopic (exact) mass is 359 g/mol. The quantitative estimate of drug-likeness (QED) is 0.656. The van der Waals surface area contributed by atoms with E-state index in [2.05, 4.69) is 39.2 Å². The molecule has 0 aliphatic heterocycles. The largest absolute Gasteiger partial charge is 0.342 e. The van der Waals surface area contributed by atoms with Gasteiger partial charge in [0.1, 0.15) is 0 Å². The van der Waals surface area contributed by atoms with E-state index in [-0.39, 0.29) is 5.91 Å². The second-order valence-corrected chi connectivity index (χ2v) is 6.25. The van der Waals surface area contributed by atoms with Crippen molar-refractivity contribution in [2.24, 2.45) is 7.05 Å². The van der Waals surface area contributed by atoms with Crippen molar-refractivity contribution in [3.8, 4) is 11.8 Å². The molecule has 0 saturated carbocycles. The van der Waals surface area contributed by atoms with Crippen molar-refractivity contribution >= 4 is 5.91 Å². The van der Waals surface area contributed by atoms with Crippen LogP contribution in [0.5, 0.6) is 0 Å². The lowest BCUT2D eigenvalue weighted by molar-refractivity contribution is 0.0793. The van der Waals surface area contributed by atoms with Crippen molar-refractivity contribution in [2.45, 2.75) is 12.8 Å². The van der Waals surface area contributed by atoms with Gasteiger partial charge in [0.25, 0.3) is 5.91 Å². The van der Waals surface area contributed by atoms with Crippen LogP contribution >= 0.6 is 0 Å². The second-order valence-electron chi connectivity index (χ2n) is 6.25. The predicted octanol–water partition coefficient (Wildman–Crippen LogP) is 2.31. The molecule has 0 radical (unpaired) electrons. The number of nitrogens with zero attached hydrogens (tertiary/aromatic N) is 5. The Bertz CT molecular complexity index is 969. The first-order chi connectivity index (χ1) is 13.1. The minimum atomic E-state index is -0.0567. The Morgan fingerprint density at radius 2 is 1.96 bits per heavy atom. The molecule has 0 N–H and O–H groups in total. The molecule has 0 spiro atoms. The third-order valence-electron chi connectivity index (χ3n) is 4.07. The molecule has 0 atom stereocenters. The molecule has 0 fully saturated rings. The van der Waals surface area contributed by atoms with Gasteiger partial charge in [-0.2, -0.15) is 9.90 Å². The SMILES string of the molecule is CN(CCCc1ccccc1)C(=O)c1cncc(C#Cc2cnn(C)n2)c1. The highest BCUT2D eigenvalue weighted by molar-refractivity contribution is 5.94. The zero-order chi connectivity index (χ0) is 19.1. The van der Waals surface area contributed by atoms with Crippen LogP contribution in [0.15, 0.2) is 55.0 Å². The molecule has 0 saturated heterocycles. The van der Waals surface area contributed by atoms with E-state index in [9.17, 15) is 4.79 Å². The van der Waals surface area contributed by atoms with Gasteiger partial charge in [-0.1, -0.05) is 36.3 Å². The molecule has 27 heavy (non-hydrogen) atoms. The summed E-state index contributed by atoms with van der Waals surface area (Å²) in [5.41, 5.74) is 3.06. The summed E-state index contributed by atoms with van der Waals surface area (Å²) >= 11 is 0. The maximum absolute atomic E-state index is 12.6. The van der Waals surface area contributed by atoms with Crippen molar-refractivity contribution in [1.29, 1.82) is 0 Å². The molecule has 6 nitrogen and oxygen atoms in total. The van der Waals surface area contributed by atoms with Crippen LogP contribution in [-0.4, -0.2) is 44.4 Å². The van der Waals surface area contributed by atoms with Gasteiger partial charge in [0, 0.05) is 38.6 Å². The summed E-state index contributed by atoms with van der Waals surface area (Å²) in [5, 5.41) is 8.08. The van der Waals surface area contributed by atoms with Crippen molar-refractivity contribution in [1.82, 2.24) is 24.9 Å². The second kappa shape index (κ2) is 8.77. The number of pyridine rings is 1. The summed E-state index contributed by atoms with van der Waals surface area (Å²) in [7, 11) is 3.55. The van der Waals surface area contributed by atoms with Crippen LogP contribution in [0.2, 0.25) is 0 Å². The lowest BCUT2D eigenvalue weighted by Crippen LogP contribution is -2.28. The van der Waals surface area contributed by atoms with Crippen molar-refractivity contribution in [2.75, 3.05) is 13.6 Å². The minimum absolute atomic E-state index is 0.0567. The van der Waals surface area contributed by atoms with Crippen molar-refractivity contribution in [3.63, 3.8) is 0 Å². The van der Waals surface area contributed by atoms with E-state index in [0.29, 0.717) is 23.4 Å². The number of amides is 1. The summed E-state index contributed by atoms with van der Waals surface area (Å²) < 4.78 is 0. The van der Waals surface area contributed by atoms with Gasteiger partial charge in [0.15, 0.2) is 5.69 Å². The molecule has 0 aliphatic rings. The van der Waals surface area contributed by atoms with Gasteiger partial charge in [0.05, 0.1) is 11.8 Å². The van der Waals surface area contributed by atoms with Crippen LogP contribution in [0.25, 0.3) is 0 Å². The smallest absolute Gasteiger partial charge is 0.255 e. The lowest BCUT2D eigenvalue weighted by atomic mass is 10.1. The Morgan fingerprint density at radius 1 is 1.15 bits per heavy atom. The summed E-state index contributed by atoms with van der Waals surface area (Å²) in [6.07, 6.45) is 6.65. The van der Waals surface area contributed by atoms with Crippen LogP contribution in [0, 0.1) is 11.8 Å². The first kappa shape index (κ1) is 18.3. The summed E-state index contributed by atoms with van der Waals surface area (Å²) in [5.74, 6) is 5.84. The van der Waals surface area contributed by atoms with Crippen LogP contribution < -0.4 is 0 Å². The molecule has 2 aromatic heterocycles. The molecular formula is C21H21N5O. The normalized spacial score (nSPS) is 10.1. The fourth-order valence-corrected chi connectivity index (χ4v) is 2.65. The van der Waals surface area contributed by atoms with Gasteiger partial charge < -0.3 is 4.90 Å². The molecular weight excluding hydrogens is 338 g/mol. The Hall–Kier alpha value is -3.46. The third kappa shape index (κ3) is 5.25. The van der Waals surface area contributed by atoms with Crippen LogP contribution in [-0.2, 0) is 13.5 Å². The van der Waals surface area contributed by atoms with E-state index in [1.54, 1.807) is 36.6 Å². The number of aromatic nitrogens is 4. The first-order valence-corrected chi connectivity index (χ1v) is 8.74. The number of hydrogen-bond donors (Lipinski definition) is 0. The molecule has 1 aromatic carbocycles. The molecule has 6 heteroatoms. The minimum Gasteiger partial charge on any atom is -0.342 e. The fraction of sp³-hybridized carbons (Fsp3) is 0.238. The van der Waals surface area contributed by atoms with Gasteiger partial charge in [-0.25, -0.2) is 0 Å². The highest BCUT2D eigenvalue weighted by atomic mass is 16.2. The zero-order valence-electron chi connectivity index (χ0n) is 15.5. The first-order valence-electron chi connectivity index (χ1n) is 8.74. The van der Waals surface area contributed by atoms with E-state index < -0.39 is 0 Å². The van der Waals surface area contributed by atoms with Gasteiger partial charge >= 0.3 is 0 Å².